The normalized spacial score (nSPS) is 15.6. The van der Waals surface area contributed by atoms with Crippen molar-refractivity contribution >= 4 is 33.1 Å². The lowest BCUT2D eigenvalue weighted by Crippen LogP contribution is -2.50. The molecule has 0 saturated carbocycles. The van der Waals surface area contributed by atoms with E-state index in [1.165, 1.54) is 6.42 Å². The fourth-order valence-electron chi connectivity index (χ4n) is 4.31. The molecule has 2 N–H and O–H groups in total. The summed E-state index contributed by atoms with van der Waals surface area (Å²) in [6, 6.07) is 14.2. The molecule has 3 rings (SSSR count). The Hall–Kier alpha value is -3.07. The van der Waals surface area contributed by atoms with Crippen molar-refractivity contribution in [2.24, 2.45) is 0 Å². The van der Waals surface area contributed by atoms with E-state index < -0.39 is 15.3 Å². The summed E-state index contributed by atoms with van der Waals surface area (Å²) in [5.74, 6) is 0.121. The van der Waals surface area contributed by atoms with Crippen molar-refractivity contribution in [1.29, 1.82) is 4.78 Å². The lowest BCUT2D eigenvalue weighted by Gasteiger charge is -2.36. The highest BCUT2D eigenvalue weighted by atomic mass is 32.2. The van der Waals surface area contributed by atoms with Gasteiger partial charge in [-0.1, -0.05) is 38.7 Å². The summed E-state index contributed by atoms with van der Waals surface area (Å²) in [5, 5.41) is 2.90. The minimum atomic E-state index is -2.83. The van der Waals surface area contributed by atoms with Crippen LogP contribution in [0.5, 0.6) is 0 Å². The number of anilines is 2. The third kappa shape index (κ3) is 8.75. The minimum absolute atomic E-state index is 0.241. The van der Waals surface area contributed by atoms with Crippen molar-refractivity contribution in [2.75, 3.05) is 42.1 Å². The van der Waals surface area contributed by atoms with Crippen LogP contribution in [0.2, 0.25) is 0 Å². The van der Waals surface area contributed by atoms with E-state index in [2.05, 4.69) is 17.1 Å². The summed E-state index contributed by atoms with van der Waals surface area (Å²) in [6.45, 7) is 10.1. The quantitative estimate of drug-likeness (QED) is 0.340. The van der Waals surface area contributed by atoms with Gasteiger partial charge in [-0.2, -0.15) is 0 Å². The molecule has 1 heterocycles. The second-order valence-electron chi connectivity index (χ2n) is 10.8. The molecule has 0 spiro atoms. The molecule has 2 amide bonds. The van der Waals surface area contributed by atoms with Crippen LogP contribution >= 0.6 is 0 Å². The molecule has 2 aromatic carbocycles. The number of amides is 2. The van der Waals surface area contributed by atoms with Crippen molar-refractivity contribution in [3.8, 4) is 0 Å². The summed E-state index contributed by atoms with van der Waals surface area (Å²) in [5.41, 5.74) is 1.51. The predicted octanol–water partition coefficient (Wildman–Crippen LogP) is 6.37. The average Bonchev–Trinajstić information content (AvgIpc) is 2.88. The summed E-state index contributed by atoms with van der Waals surface area (Å²) in [7, 11) is -2.83. The van der Waals surface area contributed by atoms with Gasteiger partial charge < -0.3 is 19.9 Å². The highest BCUT2D eigenvalue weighted by Gasteiger charge is 2.26. The summed E-state index contributed by atoms with van der Waals surface area (Å²) >= 11 is 0. The highest BCUT2D eigenvalue weighted by molar-refractivity contribution is 7.92. The van der Waals surface area contributed by atoms with Crippen molar-refractivity contribution < 1.29 is 18.5 Å². The Morgan fingerprint density at radius 2 is 1.63 bits per heavy atom. The Balaban J connectivity index is 1.55. The van der Waals surface area contributed by atoms with Crippen molar-refractivity contribution in [1.82, 2.24) is 4.90 Å². The van der Waals surface area contributed by atoms with E-state index in [-0.39, 0.29) is 12.0 Å². The first-order valence-electron chi connectivity index (χ1n) is 13.5. The van der Waals surface area contributed by atoms with Crippen molar-refractivity contribution in [3.63, 3.8) is 0 Å². The first kappa shape index (κ1) is 29.5. The van der Waals surface area contributed by atoms with Gasteiger partial charge in [0.25, 0.3) is 5.91 Å². The average molecular weight is 543 g/mol. The first-order valence-corrected chi connectivity index (χ1v) is 15.2. The molecule has 0 bridgehead atoms. The smallest absolute Gasteiger partial charge is 0.410 e. The number of ether oxygens (including phenoxy) is 1. The maximum atomic E-state index is 12.9. The number of unbranched alkanes of at least 4 members (excludes halogenated alkanes) is 4. The molecule has 38 heavy (non-hydrogen) atoms. The molecule has 1 atom stereocenters. The molecule has 9 heteroatoms. The molecule has 208 valence electrons. The van der Waals surface area contributed by atoms with Crippen LogP contribution in [0.3, 0.4) is 0 Å². The van der Waals surface area contributed by atoms with Crippen LogP contribution < -0.4 is 10.2 Å². The molecule has 0 aliphatic carbocycles. The van der Waals surface area contributed by atoms with Crippen LogP contribution in [0, 0.1) is 4.78 Å². The van der Waals surface area contributed by atoms with Gasteiger partial charge in [-0.05, 0) is 69.7 Å². The molecule has 1 aliphatic rings. The van der Waals surface area contributed by atoms with Gasteiger partial charge in [-0.25, -0.2) is 13.8 Å². The van der Waals surface area contributed by atoms with Gasteiger partial charge >= 0.3 is 6.09 Å². The van der Waals surface area contributed by atoms with Crippen LogP contribution in [-0.2, 0) is 14.5 Å². The summed E-state index contributed by atoms with van der Waals surface area (Å²) < 4.78 is 26.6. The van der Waals surface area contributed by atoms with Gasteiger partial charge in [0.05, 0.1) is 9.73 Å². The third-order valence-electron chi connectivity index (χ3n) is 6.43. The number of rotatable bonds is 10. The van der Waals surface area contributed by atoms with Gasteiger partial charge in [0.15, 0.2) is 0 Å². The molecular weight excluding hydrogens is 500 g/mol. The lowest BCUT2D eigenvalue weighted by atomic mass is 10.1. The zero-order valence-electron chi connectivity index (χ0n) is 23.1. The molecule has 1 aliphatic heterocycles. The molecule has 0 radical (unpaired) electrons. The predicted molar refractivity (Wildman–Crippen MR) is 154 cm³/mol. The summed E-state index contributed by atoms with van der Waals surface area (Å²) in [4.78, 5) is 29.6. The van der Waals surface area contributed by atoms with Crippen LogP contribution in [-0.4, -0.2) is 58.6 Å². The van der Waals surface area contributed by atoms with E-state index >= 15 is 0 Å². The van der Waals surface area contributed by atoms with Crippen LogP contribution in [0.4, 0.5) is 16.2 Å². The van der Waals surface area contributed by atoms with Crippen LogP contribution in [0.25, 0.3) is 0 Å². The number of carbonyl (C=O) groups is 2. The van der Waals surface area contributed by atoms with Crippen molar-refractivity contribution in [2.45, 2.75) is 70.3 Å². The van der Waals surface area contributed by atoms with E-state index in [0.717, 1.165) is 31.4 Å². The first-order chi connectivity index (χ1) is 18.0. The second kappa shape index (κ2) is 13.1. The topological polar surface area (TPSA) is 103 Å². The number of hydrogen-bond donors (Lipinski definition) is 2. The maximum Gasteiger partial charge on any atom is 0.410 e. The minimum Gasteiger partial charge on any atom is -0.444 e. The molecular formula is C29H42N4O4S. The number of nitrogens with zero attached hydrogens (tertiary/aromatic N) is 2. The van der Waals surface area contributed by atoms with Crippen LogP contribution in [0.15, 0.2) is 53.4 Å². The number of nitrogens with one attached hydrogen (secondary N) is 2. The maximum absolute atomic E-state index is 12.9. The molecule has 1 saturated heterocycles. The fraction of sp³-hybridized carbons (Fsp3) is 0.517. The van der Waals surface area contributed by atoms with Gasteiger partial charge in [-0.15, -0.1) is 0 Å². The Morgan fingerprint density at radius 1 is 0.974 bits per heavy atom. The number of benzene rings is 2. The Kier molecular flexibility index (Phi) is 10.2. The van der Waals surface area contributed by atoms with Crippen LogP contribution in [0.1, 0.15) is 70.2 Å². The molecule has 8 nitrogen and oxygen atoms in total. The number of carbonyl (C=O) groups excluding carboxylic acids is 2. The lowest BCUT2D eigenvalue weighted by molar-refractivity contribution is 0.0240. The molecule has 0 aromatic heterocycles. The van der Waals surface area contributed by atoms with Gasteiger partial charge in [0.1, 0.15) is 5.60 Å². The Labute approximate surface area is 227 Å². The summed E-state index contributed by atoms with van der Waals surface area (Å²) in [6.07, 6.45) is 4.91. The number of piperazine rings is 1. The number of hydrogen-bond acceptors (Lipinski definition) is 6. The molecule has 1 unspecified atom stereocenters. The van der Waals surface area contributed by atoms with E-state index in [4.69, 9.17) is 9.52 Å². The SMILES string of the molecule is CCCCCCCS(=N)(=O)c1ccc(NC(=O)c2cccc(N3CCN(C(=O)OC(C)(C)C)CC3)c2)cc1. The standard InChI is InChI=1S/C29H42N4O4S/c1-5-6-7-8-9-21-38(30,36)26-15-13-24(14-16-26)31-27(34)23-11-10-12-25(22-23)32-17-19-33(20-18-32)28(35)37-29(2,3)4/h10-16,22,30H,5-9,17-21H2,1-4H3,(H,31,34). The monoisotopic (exact) mass is 542 g/mol. The second-order valence-corrected chi connectivity index (χ2v) is 13.0. The van der Waals surface area contributed by atoms with E-state index in [1.54, 1.807) is 35.2 Å². The zero-order chi connectivity index (χ0) is 27.8. The fourth-order valence-corrected chi connectivity index (χ4v) is 5.73. The molecule has 1 fully saturated rings. The van der Waals surface area contributed by atoms with Gasteiger partial charge in [-0.3, -0.25) is 4.79 Å². The largest absolute Gasteiger partial charge is 0.444 e. The zero-order valence-corrected chi connectivity index (χ0v) is 23.9. The Morgan fingerprint density at radius 3 is 2.26 bits per heavy atom. The van der Waals surface area contributed by atoms with E-state index in [0.29, 0.717) is 48.1 Å². The van der Waals surface area contributed by atoms with Gasteiger partial charge in [0.2, 0.25) is 0 Å². The Bertz CT molecular complexity index is 1180. The van der Waals surface area contributed by atoms with Gasteiger partial charge in [0, 0.05) is 53.8 Å². The third-order valence-corrected chi connectivity index (χ3v) is 8.33. The molecule has 2 aromatic rings. The van der Waals surface area contributed by atoms with E-state index in [1.807, 2.05) is 39.0 Å². The highest BCUT2D eigenvalue weighted by Crippen LogP contribution is 2.22. The van der Waals surface area contributed by atoms with E-state index in [9.17, 15) is 13.8 Å². The van der Waals surface area contributed by atoms with Crippen molar-refractivity contribution in [3.05, 3.63) is 54.1 Å².